The number of hydrogen-bond donors (Lipinski definition) is 2. The Morgan fingerprint density at radius 3 is 2.25 bits per heavy atom. The van der Waals surface area contributed by atoms with Gasteiger partial charge in [0.05, 0.1) is 41.3 Å². The minimum absolute atomic E-state index is 0.0799. The maximum atomic E-state index is 14.4. The molecule has 0 saturated carbocycles. The predicted molar refractivity (Wildman–Crippen MR) is 232 cm³/mol. The molecule has 7 aliphatic rings. The zero-order valence-electron chi connectivity index (χ0n) is 35.8. The van der Waals surface area contributed by atoms with Gasteiger partial charge in [-0.25, -0.2) is 15.0 Å². The molecule has 0 radical (unpaired) electrons. The first-order valence-corrected chi connectivity index (χ1v) is 21.7. The summed E-state index contributed by atoms with van der Waals surface area (Å²) in [4.78, 5) is 83.1. The number of allylic oxidation sites excluding steroid dienone is 14. The third-order valence-corrected chi connectivity index (χ3v) is 13.1. The van der Waals surface area contributed by atoms with Crippen LogP contribution >= 0.6 is 0 Å². The molecule has 0 aromatic carbocycles. The Kier molecular flexibility index (Phi) is 12.7. The molecule has 10 bridgehead atoms. The highest BCUT2D eigenvalue weighted by atomic mass is 16.5. The molecule has 11 heteroatoms. The summed E-state index contributed by atoms with van der Waals surface area (Å²) < 4.78 is 5.05. The summed E-state index contributed by atoms with van der Waals surface area (Å²) in [5.41, 5.74) is 9.80. The van der Waals surface area contributed by atoms with Crippen molar-refractivity contribution in [2.75, 3.05) is 7.11 Å². The number of nitrogens with zero attached hydrogens (tertiary/aromatic N) is 3. The van der Waals surface area contributed by atoms with Gasteiger partial charge in [-0.05, 0) is 112 Å². The number of fused-ring (bicyclic) bond motifs is 4. The lowest BCUT2D eigenvalue weighted by Crippen LogP contribution is -2.29. The summed E-state index contributed by atoms with van der Waals surface area (Å²) in [5, 5.41) is 15.8. The lowest BCUT2D eigenvalue weighted by molar-refractivity contribution is -0.141. The van der Waals surface area contributed by atoms with Crippen molar-refractivity contribution in [2.24, 2.45) is 32.7 Å². The first-order valence-electron chi connectivity index (χ1n) is 21.7. The number of hydrogen-bond acceptors (Lipinski definition) is 11. The lowest BCUT2D eigenvalue weighted by Gasteiger charge is -2.20. The Hall–Kier alpha value is -5.58. The molecule has 314 valence electrons. The van der Waals surface area contributed by atoms with Crippen molar-refractivity contribution in [3.63, 3.8) is 0 Å². The monoisotopic (exact) mass is 812 g/mol. The Balaban J connectivity index is 1.44. The van der Waals surface area contributed by atoms with E-state index < -0.39 is 29.1 Å². The lowest BCUT2D eigenvalue weighted by atomic mass is 9.82. The number of ketones is 4. The first-order chi connectivity index (χ1) is 28.8. The van der Waals surface area contributed by atoms with E-state index in [0.717, 1.165) is 54.5 Å². The molecule has 0 aromatic heterocycles. The van der Waals surface area contributed by atoms with Crippen molar-refractivity contribution in [3.8, 4) is 0 Å². The summed E-state index contributed by atoms with van der Waals surface area (Å²) in [7, 11) is 1.35. The zero-order chi connectivity index (χ0) is 42.8. The van der Waals surface area contributed by atoms with E-state index in [9.17, 15) is 29.1 Å². The van der Waals surface area contributed by atoms with Crippen molar-refractivity contribution in [1.29, 1.82) is 0 Å². The third kappa shape index (κ3) is 8.15. The molecule has 6 heterocycles. The van der Waals surface area contributed by atoms with E-state index in [0.29, 0.717) is 94.3 Å². The number of carbonyl (C=O) groups excluding carboxylic acids is 5. The number of Topliss-reactive ketones (excluding diaryl/α,β-unsaturated/α-hetero) is 4. The molecule has 7 rings (SSSR count). The number of aliphatic imine (C=N–C) groups is 3. The summed E-state index contributed by atoms with van der Waals surface area (Å²) >= 11 is 0. The number of esters is 1. The smallest absolute Gasteiger partial charge is 0.305 e. The fourth-order valence-corrected chi connectivity index (χ4v) is 9.43. The molecular weight excluding hydrogens is 757 g/mol. The number of ether oxygens (including phenoxy) is 1. The number of aliphatic hydroxyl groups excluding tert-OH is 1. The molecule has 60 heavy (non-hydrogen) atoms. The van der Waals surface area contributed by atoms with Gasteiger partial charge in [0, 0.05) is 60.1 Å². The molecule has 3 atom stereocenters. The van der Waals surface area contributed by atoms with E-state index in [1.165, 1.54) is 7.11 Å². The topological polar surface area (TPSA) is 164 Å². The molecule has 1 fully saturated rings. The highest BCUT2D eigenvalue weighted by Crippen LogP contribution is 2.49. The van der Waals surface area contributed by atoms with Crippen LogP contribution in [0.25, 0.3) is 0 Å². The van der Waals surface area contributed by atoms with Crippen molar-refractivity contribution >= 4 is 46.2 Å². The number of carbonyl (C=O) groups is 5. The summed E-state index contributed by atoms with van der Waals surface area (Å²) in [6.07, 6.45) is 17.7. The van der Waals surface area contributed by atoms with Crippen molar-refractivity contribution in [1.82, 2.24) is 5.32 Å². The SMILES string of the molecule is CCC1=C(C)C2=NC1=CC1=C(C)C3=C(O)C4C(=O)C(=O)CCCCCCC/C=C\CCCC(=O)C(=O)CC5=C(C)C(=NC5=C2)C=C2NC(=C4C3=N1)[C@@H](CCC(=O)OC)[C@@H]2C. The average molecular weight is 813 g/mol. The van der Waals surface area contributed by atoms with Gasteiger partial charge in [0.1, 0.15) is 11.7 Å². The minimum Gasteiger partial charge on any atom is -0.510 e. The second kappa shape index (κ2) is 18.0. The van der Waals surface area contributed by atoms with Crippen LogP contribution in [-0.4, -0.2) is 58.5 Å². The van der Waals surface area contributed by atoms with Crippen molar-refractivity contribution < 1.29 is 33.8 Å². The molecule has 2 N–H and O–H groups in total. The van der Waals surface area contributed by atoms with Gasteiger partial charge in [-0.1, -0.05) is 45.3 Å². The van der Waals surface area contributed by atoms with Crippen LogP contribution < -0.4 is 5.32 Å². The van der Waals surface area contributed by atoms with Gasteiger partial charge in [-0.2, -0.15) is 0 Å². The van der Waals surface area contributed by atoms with Crippen LogP contribution in [0.2, 0.25) is 0 Å². The molecule has 0 aromatic rings. The van der Waals surface area contributed by atoms with Gasteiger partial charge in [0.15, 0.2) is 11.6 Å². The van der Waals surface area contributed by atoms with E-state index >= 15 is 0 Å². The van der Waals surface area contributed by atoms with Crippen LogP contribution in [0.15, 0.2) is 119 Å². The highest BCUT2D eigenvalue weighted by Gasteiger charge is 2.49. The van der Waals surface area contributed by atoms with E-state index in [4.69, 9.17) is 19.7 Å². The molecule has 6 aliphatic heterocycles. The third-order valence-electron chi connectivity index (χ3n) is 13.1. The summed E-state index contributed by atoms with van der Waals surface area (Å²) in [6, 6.07) is 0. The molecule has 0 spiro atoms. The number of nitrogens with one attached hydrogen (secondary N) is 1. The van der Waals surface area contributed by atoms with E-state index in [2.05, 4.69) is 24.4 Å². The van der Waals surface area contributed by atoms with Gasteiger partial charge in [0.2, 0.25) is 11.6 Å². The fraction of sp³-hybridized carbons (Fsp3) is 0.469. The zero-order valence-corrected chi connectivity index (χ0v) is 35.8. The average Bonchev–Trinajstić information content (AvgIpc) is 3.97. The molecule has 1 saturated heterocycles. The van der Waals surface area contributed by atoms with Crippen molar-refractivity contribution in [3.05, 3.63) is 104 Å². The van der Waals surface area contributed by atoms with E-state index in [1.807, 2.05) is 45.9 Å². The fourth-order valence-electron chi connectivity index (χ4n) is 9.43. The second-order valence-corrected chi connectivity index (χ2v) is 16.8. The largest absolute Gasteiger partial charge is 0.510 e. The highest BCUT2D eigenvalue weighted by molar-refractivity contribution is 6.42. The molecule has 0 amide bonds. The molecule has 1 unspecified atom stereocenters. The number of methoxy groups -OCH3 is 1. The van der Waals surface area contributed by atoms with Gasteiger partial charge >= 0.3 is 5.97 Å². The Labute approximate surface area is 352 Å². The van der Waals surface area contributed by atoms with Gasteiger partial charge in [0.25, 0.3) is 0 Å². The quantitative estimate of drug-likeness (QED) is 0.161. The molecule has 11 nitrogen and oxygen atoms in total. The number of aliphatic hydroxyl groups is 1. The first kappa shape index (κ1) is 42.5. The molecular formula is C49H56N4O7. The van der Waals surface area contributed by atoms with Crippen LogP contribution in [0.4, 0.5) is 0 Å². The Morgan fingerprint density at radius 1 is 0.817 bits per heavy atom. The predicted octanol–water partition coefficient (Wildman–Crippen LogP) is 8.97. The standard InChI is InChI=1S/C49H56N4O7/c1-7-30-26(2)34-24-38-32-22-41(56)39(54)18-16-14-12-10-8-9-11-13-15-17-19-40(55)48(58)45-44(47-43(49(45)59)29(5)36(53-47)25-37(30)50-34)46-31(20-21-42(57)60-6)27(3)35(52-46)23-33(51-38)28(32)4/h10,12,23-25,27,31,45,52,59H,7-9,11,13-22H2,1-6H3/b12-10-,35-23?,37-25?,38-24?,46-44?/t27-,31-,45?/m0/s1. The Bertz CT molecular complexity index is 2350. The maximum Gasteiger partial charge on any atom is 0.305 e. The van der Waals surface area contributed by atoms with Crippen molar-refractivity contribution in [2.45, 2.75) is 125 Å². The Morgan fingerprint density at radius 2 is 1.50 bits per heavy atom. The molecule has 1 aliphatic carbocycles. The summed E-state index contributed by atoms with van der Waals surface area (Å²) in [6.45, 7) is 9.85. The van der Waals surface area contributed by atoms with E-state index in [1.54, 1.807) is 0 Å². The van der Waals surface area contributed by atoms with Gasteiger partial charge in [-0.3, -0.25) is 24.0 Å². The van der Waals surface area contributed by atoms with E-state index in [-0.39, 0.29) is 49.2 Å². The maximum absolute atomic E-state index is 14.4. The van der Waals surface area contributed by atoms with Crippen LogP contribution in [0.1, 0.15) is 125 Å². The van der Waals surface area contributed by atoms with Crippen LogP contribution in [0.3, 0.4) is 0 Å². The number of rotatable bonds is 4. The van der Waals surface area contributed by atoms with Gasteiger partial charge < -0.3 is 15.2 Å². The second-order valence-electron chi connectivity index (χ2n) is 16.8. The van der Waals surface area contributed by atoms with Crippen LogP contribution in [0, 0.1) is 17.8 Å². The van der Waals surface area contributed by atoms with Crippen LogP contribution in [0.5, 0.6) is 0 Å². The van der Waals surface area contributed by atoms with Crippen LogP contribution in [-0.2, 0) is 28.7 Å². The minimum atomic E-state index is -1.27. The van der Waals surface area contributed by atoms with Gasteiger partial charge in [-0.15, -0.1) is 0 Å². The summed E-state index contributed by atoms with van der Waals surface area (Å²) in [5.74, 6) is -4.52. The normalized spacial score (nSPS) is 26.3.